The minimum atomic E-state index is 0.00593. The zero-order chi connectivity index (χ0) is 21.7. The summed E-state index contributed by atoms with van der Waals surface area (Å²) in [7, 11) is 0. The molecule has 5 nitrogen and oxygen atoms in total. The number of fused-ring (bicyclic) bond motifs is 1. The van der Waals surface area contributed by atoms with E-state index >= 15 is 0 Å². The number of nitrogens with two attached hydrogens (primary N) is 1. The van der Waals surface area contributed by atoms with E-state index in [1.54, 1.807) is 12.1 Å². The Morgan fingerprint density at radius 3 is 2.55 bits per heavy atom. The van der Waals surface area contributed by atoms with E-state index in [9.17, 15) is 9.59 Å². The van der Waals surface area contributed by atoms with Crippen LogP contribution in [-0.2, 0) is 4.79 Å². The lowest BCUT2D eigenvalue weighted by atomic mass is 9.97. The standard InChI is InChI=1S/C26H31N3O2/c27-22-13-6-7-14-23(22)28-26(31)16-2-1-9-18-29(20-10-3-4-11-20)19-17-25(30)21-12-5-8-15-24(21)29/h5-8,12-15,17,19-20H,1-4,9-11,16,18,27H2/p+1. The highest BCUT2D eigenvalue weighted by Gasteiger charge is 2.43. The van der Waals surface area contributed by atoms with Crippen molar-refractivity contribution in [2.45, 2.75) is 57.4 Å². The first-order valence-electron chi connectivity index (χ1n) is 11.4. The fraction of sp³-hybridized carbons (Fsp3) is 0.385. The van der Waals surface area contributed by atoms with E-state index in [2.05, 4.69) is 17.6 Å². The molecule has 1 unspecified atom stereocenters. The van der Waals surface area contributed by atoms with Gasteiger partial charge in [0.1, 0.15) is 11.9 Å². The Bertz CT molecular complexity index is 978. The monoisotopic (exact) mass is 418 g/mol. The number of hydrogen-bond acceptors (Lipinski definition) is 3. The lowest BCUT2D eigenvalue weighted by Gasteiger charge is -2.42. The molecule has 31 heavy (non-hydrogen) atoms. The molecule has 1 aliphatic carbocycles. The van der Waals surface area contributed by atoms with Gasteiger partial charge in [0.05, 0.1) is 29.5 Å². The number of nitrogen functional groups attached to an aromatic ring is 1. The van der Waals surface area contributed by atoms with Crippen LogP contribution in [0.2, 0.25) is 0 Å². The summed E-state index contributed by atoms with van der Waals surface area (Å²) in [6, 6.07) is 16.0. The Kier molecular flexibility index (Phi) is 6.52. The summed E-state index contributed by atoms with van der Waals surface area (Å²) >= 11 is 0. The number of unbranched alkanes of at least 4 members (excludes halogenated alkanes) is 2. The van der Waals surface area contributed by atoms with Gasteiger partial charge < -0.3 is 11.1 Å². The molecule has 0 aromatic heterocycles. The van der Waals surface area contributed by atoms with Crippen LogP contribution in [0.3, 0.4) is 0 Å². The van der Waals surface area contributed by atoms with Crippen LogP contribution < -0.4 is 15.5 Å². The van der Waals surface area contributed by atoms with Crippen molar-refractivity contribution < 1.29 is 9.59 Å². The van der Waals surface area contributed by atoms with Crippen molar-refractivity contribution in [2.24, 2.45) is 0 Å². The number of allylic oxidation sites excluding steroid dienone is 1. The SMILES string of the molecule is Nc1ccccc1NC(=O)CCCCC[N+]1(C2CCCC2)C=CC(=O)c2ccccc21. The molecule has 162 valence electrons. The van der Waals surface area contributed by atoms with Crippen LogP contribution in [0.5, 0.6) is 0 Å². The zero-order valence-corrected chi connectivity index (χ0v) is 18.1. The van der Waals surface area contributed by atoms with E-state index < -0.39 is 0 Å². The number of ketones is 1. The Morgan fingerprint density at radius 2 is 1.74 bits per heavy atom. The number of benzene rings is 2. The molecule has 5 heteroatoms. The molecule has 1 amide bonds. The molecular formula is C26H32N3O2+. The maximum absolute atomic E-state index is 12.5. The number of amides is 1. The van der Waals surface area contributed by atoms with Gasteiger partial charge in [-0.05, 0) is 50.3 Å². The summed E-state index contributed by atoms with van der Waals surface area (Å²) in [6.07, 6.45) is 12.2. The van der Waals surface area contributed by atoms with Crippen molar-refractivity contribution in [2.75, 3.05) is 17.6 Å². The summed E-state index contributed by atoms with van der Waals surface area (Å²) in [5.41, 5.74) is 9.17. The quantitative estimate of drug-likeness (QED) is 0.341. The summed E-state index contributed by atoms with van der Waals surface area (Å²) in [5, 5.41) is 2.90. The average Bonchev–Trinajstić information content (AvgIpc) is 3.32. The second-order valence-electron chi connectivity index (χ2n) is 8.74. The third-order valence-electron chi connectivity index (χ3n) is 6.75. The third kappa shape index (κ3) is 4.57. The second kappa shape index (κ2) is 9.48. The molecule has 1 atom stereocenters. The first-order chi connectivity index (χ1) is 15.1. The molecule has 0 spiro atoms. The number of para-hydroxylation sites is 3. The minimum absolute atomic E-state index is 0.00593. The summed E-state index contributed by atoms with van der Waals surface area (Å²) in [4.78, 5) is 24.7. The predicted molar refractivity (Wildman–Crippen MR) is 127 cm³/mol. The minimum Gasteiger partial charge on any atom is -0.397 e. The van der Waals surface area contributed by atoms with E-state index in [1.807, 2.05) is 36.4 Å². The maximum Gasteiger partial charge on any atom is 0.224 e. The van der Waals surface area contributed by atoms with Crippen molar-refractivity contribution in [3.05, 3.63) is 66.4 Å². The first-order valence-corrected chi connectivity index (χ1v) is 11.4. The predicted octanol–water partition coefficient (Wildman–Crippen LogP) is 5.43. The molecule has 1 fully saturated rings. The fourth-order valence-corrected chi connectivity index (χ4v) is 5.14. The molecule has 4 rings (SSSR count). The van der Waals surface area contributed by atoms with Gasteiger partial charge >= 0.3 is 0 Å². The summed E-state index contributed by atoms with van der Waals surface area (Å²) in [5.74, 6) is 0.116. The molecule has 0 bridgehead atoms. The smallest absolute Gasteiger partial charge is 0.224 e. The summed E-state index contributed by atoms with van der Waals surface area (Å²) < 4.78 is 0.786. The Balaban J connectivity index is 1.36. The zero-order valence-electron chi connectivity index (χ0n) is 18.1. The number of quaternary nitrogens is 1. The van der Waals surface area contributed by atoms with Crippen LogP contribution >= 0.6 is 0 Å². The Labute approximate surface area is 184 Å². The van der Waals surface area contributed by atoms with Gasteiger partial charge in [-0.1, -0.05) is 24.3 Å². The third-order valence-corrected chi connectivity index (χ3v) is 6.75. The Hall–Kier alpha value is -2.92. The molecule has 0 saturated heterocycles. The molecule has 1 aliphatic heterocycles. The van der Waals surface area contributed by atoms with Crippen molar-refractivity contribution in [3.8, 4) is 0 Å². The fourth-order valence-electron chi connectivity index (χ4n) is 5.14. The van der Waals surface area contributed by atoms with Gasteiger partial charge in [-0.3, -0.25) is 14.1 Å². The van der Waals surface area contributed by atoms with E-state index in [0.717, 1.165) is 41.5 Å². The van der Waals surface area contributed by atoms with Gasteiger partial charge in [-0.2, -0.15) is 0 Å². The topological polar surface area (TPSA) is 72.2 Å². The van der Waals surface area contributed by atoms with E-state index in [0.29, 0.717) is 23.8 Å². The van der Waals surface area contributed by atoms with E-state index in [4.69, 9.17) is 5.73 Å². The first kappa shape index (κ1) is 21.3. The van der Waals surface area contributed by atoms with Crippen molar-refractivity contribution in [3.63, 3.8) is 0 Å². The van der Waals surface area contributed by atoms with Crippen LogP contribution in [0.4, 0.5) is 17.1 Å². The highest BCUT2D eigenvalue weighted by atomic mass is 16.1. The van der Waals surface area contributed by atoms with Crippen LogP contribution in [0.1, 0.15) is 61.7 Å². The number of anilines is 2. The van der Waals surface area contributed by atoms with Gasteiger partial charge in [0, 0.05) is 31.4 Å². The molecule has 2 aliphatic rings. The van der Waals surface area contributed by atoms with Crippen molar-refractivity contribution in [1.29, 1.82) is 0 Å². The van der Waals surface area contributed by atoms with Crippen LogP contribution in [0, 0.1) is 0 Å². The van der Waals surface area contributed by atoms with Gasteiger partial charge in [0.15, 0.2) is 5.78 Å². The number of hydrogen-bond donors (Lipinski definition) is 2. The van der Waals surface area contributed by atoms with Crippen LogP contribution in [0.15, 0.2) is 60.8 Å². The summed E-state index contributed by atoms with van der Waals surface area (Å²) in [6.45, 7) is 0.971. The second-order valence-corrected chi connectivity index (χ2v) is 8.74. The molecule has 3 N–H and O–H groups in total. The lowest BCUT2D eigenvalue weighted by molar-refractivity contribution is -0.116. The van der Waals surface area contributed by atoms with Crippen LogP contribution in [0.25, 0.3) is 0 Å². The number of carbonyl (C=O) groups excluding carboxylic acids is 2. The van der Waals surface area contributed by atoms with Gasteiger partial charge in [0.2, 0.25) is 5.91 Å². The van der Waals surface area contributed by atoms with Gasteiger partial charge in [0.25, 0.3) is 0 Å². The highest BCUT2D eigenvalue weighted by molar-refractivity contribution is 6.10. The molecular weight excluding hydrogens is 386 g/mol. The van der Waals surface area contributed by atoms with Crippen LogP contribution in [-0.4, -0.2) is 24.3 Å². The Morgan fingerprint density at radius 1 is 1.00 bits per heavy atom. The molecule has 1 heterocycles. The van der Waals surface area contributed by atoms with E-state index in [1.165, 1.54) is 25.7 Å². The largest absolute Gasteiger partial charge is 0.397 e. The average molecular weight is 419 g/mol. The van der Waals surface area contributed by atoms with Gasteiger partial charge in [-0.15, -0.1) is 0 Å². The number of carbonyl (C=O) groups is 2. The van der Waals surface area contributed by atoms with Crippen molar-refractivity contribution in [1.82, 2.24) is 4.48 Å². The van der Waals surface area contributed by atoms with Gasteiger partial charge in [-0.25, -0.2) is 0 Å². The molecule has 2 aromatic rings. The normalized spacial score (nSPS) is 20.6. The number of nitrogens with one attached hydrogen (secondary N) is 1. The molecule has 2 aromatic carbocycles. The van der Waals surface area contributed by atoms with Crippen molar-refractivity contribution >= 4 is 28.8 Å². The number of rotatable bonds is 8. The van der Waals surface area contributed by atoms with E-state index in [-0.39, 0.29) is 11.7 Å². The molecule has 1 saturated carbocycles. The lowest BCUT2D eigenvalue weighted by Crippen LogP contribution is -2.54. The number of nitrogens with zero attached hydrogens (tertiary/aromatic N) is 1. The molecule has 0 radical (unpaired) electrons. The highest BCUT2D eigenvalue weighted by Crippen LogP contribution is 2.40. The maximum atomic E-state index is 12.5.